The van der Waals surface area contributed by atoms with Crippen molar-refractivity contribution in [3.8, 4) is 6.07 Å². The number of aromatic nitrogens is 3. The molecule has 0 aliphatic rings. The molecule has 9 heteroatoms. The van der Waals surface area contributed by atoms with Gasteiger partial charge >= 0.3 is 5.95 Å². The first-order valence-corrected chi connectivity index (χ1v) is 5.88. The lowest BCUT2D eigenvalue weighted by atomic mass is 10.1. The summed E-state index contributed by atoms with van der Waals surface area (Å²) in [4.78, 5) is 24.9. The Morgan fingerprint density at radius 2 is 2.14 bits per heavy atom. The highest BCUT2D eigenvalue weighted by Gasteiger charge is 2.15. The molecule has 0 saturated carbocycles. The van der Waals surface area contributed by atoms with Gasteiger partial charge in [-0.05, 0) is 22.6 Å². The minimum absolute atomic E-state index is 0.180. The fourth-order valence-corrected chi connectivity index (χ4v) is 1.59. The third-order valence-electron chi connectivity index (χ3n) is 2.51. The van der Waals surface area contributed by atoms with Gasteiger partial charge in [-0.1, -0.05) is 17.1 Å². The zero-order valence-corrected chi connectivity index (χ0v) is 10.8. The monoisotopic (exact) mass is 286 g/mol. The number of rotatable bonds is 5. The summed E-state index contributed by atoms with van der Waals surface area (Å²) in [5.74, 6) is -0.938. The molecule has 0 radical (unpaired) electrons. The van der Waals surface area contributed by atoms with Gasteiger partial charge in [0.25, 0.3) is 0 Å². The van der Waals surface area contributed by atoms with Crippen LogP contribution in [0.1, 0.15) is 5.56 Å². The van der Waals surface area contributed by atoms with Crippen LogP contribution in [-0.4, -0.2) is 25.6 Å². The predicted octanol–water partition coefficient (Wildman–Crippen LogP) is 0.891. The number of nitrogens with one attached hydrogen (secondary N) is 1. The number of carbonyl (C=O) groups is 1. The summed E-state index contributed by atoms with van der Waals surface area (Å²) in [5, 5.41) is 25.1. The zero-order chi connectivity index (χ0) is 15.2. The van der Waals surface area contributed by atoms with Gasteiger partial charge in [-0.25, -0.2) is 0 Å². The van der Waals surface area contributed by atoms with E-state index in [2.05, 4.69) is 15.4 Å². The SMILES string of the molecule is N#CCc1ccc(NC(=O)Cn2cnc([N+](=O)[O-])n2)cc1. The summed E-state index contributed by atoms with van der Waals surface area (Å²) in [6.45, 7) is -0.180. The largest absolute Gasteiger partial charge is 0.490 e. The molecule has 0 saturated heterocycles. The Balaban J connectivity index is 1.94. The van der Waals surface area contributed by atoms with Gasteiger partial charge in [-0.3, -0.25) is 4.79 Å². The van der Waals surface area contributed by atoms with Crippen molar-refractivity contribution in [2.75, 3.05) is 5.32 Å². The number of amides is 1. The first-order valence-electron chi connectivity index (χ1n) is 5.88. The van der Waals surface area contributed by atoms with Crippen molar-refractivity contribution >= 4 is 17.5 Å². The molecule has 2 rings (SSSR count). The van der Waals surface area contributed by atoms with Crippen LogP contribution in [0.5, 0.6) is 0 Å². The average molecular weight is 286 g/mol. The van der Waals surface area contributed by atoms with E-state index >= 15 is 0 Å². The first kappa shape index (κ1) is 14.1. The van der Waals surface area contributed by atoms with E-state index in [1.807, 2.05) is 6.07 Å². The van der Waals surface area contributed by atoms with Crippen molar-refractivity contribution in [1.29, 1.82) is 5.26 Å². The average Bonchev–Trinajstić information content (AvgIpc) is 2.90. The molecule has 9 nitrogen and oxygen atoms in total. The molecule has 1 aromatic heterocycles. The van der Waals surface area contributed by atoms with Crippen molar-refractivity contribution in [1.82, 2.24) is 14.8 Å². The molecule has 0 atom stereocenters. The van der Waals surface area contributed by atoms with Crippen molar-refractivity contribution < 1.29 is 9.72 Å². The lowest BCUT2D eigenvalue weighted by Gasteiger charge is -2.04. The maximum absolute atomic E-state index is 11.7. The summed E-state index contributed by atoms with van der Waals surface area (Å²) in [7, 11) is 0. The third kappa shape index (κ3) is 3.84. The molecule has 0 fully saturated rings. The van der Waals surface area contributed by atoms with Crippen LogP contribution in [0.2, 0.25) is 0 Å². The van der Waals surface area contributed by atoms with Gasteiger partial charge in [0.2, 0.25) is 12.2 Å². The molecule has 1 heterocycles. The third-order valence-corrected chi connectivity index (χ3v) is 2.51. The van der Waals surface area contributed by atoms with Crippen LogP contribution in [-0.2, 0) is 17.8 Å². The number of benzene rings is 1. The maximum atomic E-state index is 11.7. The predicted molar refractivity (Wildman–Crippen MR) is 71.1 cm³/mol. The number of hydrogen-bond donors (Lipinski definition) is 1. The second-order valence-corrected chi connectivity index (χ2v) is 4.08. The van der Waals surface area contributed by atoms with Crippen LogP contribution in [0, 0.1) is 21.4 Å². The van der Waals surface area contributed by atoms with Crippen molar-refractivity contribution in [3.63, 3.8) is 0 Å². The number of hydrogen-bond acceptors (Lipinski definition) is 6. The molecule has 21 heavy (non-hydrogen) atoms. The van der Waals surface area contributed by atoms with Gasteiger partial charge in [0, 0.05) is 10.8 Å². The van der Waals surface area contributed by atoms with E-state index in [-0.39, 0.29) is 12.5 Å². The van der Waals surface area contributed by atoms with E-state index in [4.69, 9.17) is 5.26 Å². The van der Waals surface area contributed by atoms with Gasteiger partial charge in [-0.2, -0.15) is 9.94 Å². The lowest BCUT2D eigenvalue weighted by Crippen LogP contribution is -2.19. The Hall–Kier alpha value is -3.28. The van der Waals surface area contributed by atoms with Crippen LogP contribution in [0.15, 0.2) is 30.6 Å². The lowest BCUT2D eigenvalue weighted by molar-refractivity contribution is -0.394. The Morgan fingerprint density at radius 1 is 1.43 bits per heavy atom. The van der Waals surface area contributed by atoms with Crippen LogP contribution < -0.4 is 5.32 Å². The highest BCUT2D eigenvalue weighted by atomic mass is 16.6. The number of nitriles is 1. The van der Waals surface area contributed by atoms with Crippen LogP contribution in [0.25, 0.3) is 0 Å². The van der Waals surface area contributed by atoms with Gasteiger partial charge in [0.05, 0.1) is 12.5 Å². The number of carbonyl (C=O) groups excluding carboxylic acids is 1. The molecule has 0 aliphatic carbocycles. The summed E-state index contributed by atoms with van der Waals surface area (Å²) >= 11 is 0. The van der Waals surface area contributed by atoms with E-state index in [1.165, 1.54) is 0 Å². The summed E-state index contributed by atoms with van der Waals surface area (Å²) in [6.07, 6.45) is 1.42. The number of anilines is 1. The minimum Gasteiger partial charge on any atom is -0.390 e. The van der Waals surface area contributed by atoms with E-state index in [1.54, 1.807) is 24.3 Å². The molecule has 1 aromatic carbocycles. The molecule has 0 aliphatic heterocycles. The molecule has 1 amide bonds. The number of nitrogens with zero attached hydrogens (tertiary/aromatic N) is 5. The fraction of sp³-hybridized carbons (Fsp3) is 0.167. The highest BCUT2D eigenvalue weighted by Crippen LogP contribution is 2.10. The van der Waals surface area contributed by atoms with Crippen LogP contribution in [0.3, 0.4) is 0 Å². The quantitative estimate of drug-likeness (QED) is 0.642. The minimum atomic E-state index is -0.734. The normalized spacial score (nSPS) is 9.86. The van der Waals surface area contributed by atoms with Gasteiger partial charge in [0.1, 0.15) is 6.54 Å². The molecule has 2 aromatic rings. The van der Waals surface area contributed by atoms with Crippen LogP contribution >= 0.6 is 0 Å². The molecule has 0 unspecified atom stereocenters. The Bertz CT molecular complexity index is 701. The topological polar surface area (TPSA) is 127 Å². The molecular formula is C12H10N6O3. The van der Waals surface area contributed by atoms with Crippen LogP contribution in [0.4, 0.5) is 11.6 Å². The molecule has 106 valence electrons. The van der Waals surface area contributed by atoms with Gasteiger partial charge in [-0.15, -0.1) is 0 Å². The van der Waals surface area contributed by atoms with E-state index in [9.17, 15) is 14.9 Å². The summed E-state index contributed by atoms with van der Waals surface area (Å²) in [5.41, 5.74) is 1.42. The molecular weight excluding hydrogens is 276 g/mol. The highest BCUT2D eigenvalue weighted by molar-refractivity contribution is 5.90. The maximum Gasteiger partial charge on any atom is 0.490 e. The van der Waals surface area contributed by atoms with Crippen molar-refractivity contribution in [3.05, 3.63) is 46.3 Å². The van der Waals surface area contributed by atoms with Crippen molar-refractivity contribution in [2.45, 2.75) is 13.0 Å². The Kier molecular flexibility index (Phi) is 4.20. The Morgan fingerprint density at radius 3 is 2.71 bits per heavy atom. The summed E-state index contributed by atoms with van der Waals surface area (Å²) < 4.78 is 1.08. The van der Waals surface area contributed by atoms with Gasteiger partial charge in [0.15, 0.2) is 0 Å². The smallest absolute Gasteiger partial charge is 0.390 e. The second kappa shape index (κ2) is 6.25. The van der Waals surface area contributed by atoms with E-state index in [0.29, 0.717) is 12.1 Å². The number of nitro groups is 1. The summed E-state index contributed by atoms with van der Waals surface area (Å²) in [6, 6.07) is 8.85. The molecule has 0 bridgehead atoms. The van der Waals surface area contributed by atoms with E-state index < -0.39 is 10.9 Å². The molecule has 1 N–H and O–H groups in total. The second-order valence-electron chi connectivity index (χ2n) is 4.08. The fourth-order valence-electron chi connectivity index (χ4n) is 1.59. The van der Waals surface area contributed by atoms with Gasteiger partial charge < -0.3 is 15.4 Å². The van der Waals surface area contributed by atoms with E-state index in [0.717, 1.165) is 16.6 Å². The molecule has 0 spiro atoms. The zero-order valence-electron chi connectivity index (χ0n) is 10.8. The first-order chi connectivity index (χ1) is 10.1. The van der Waals surface area contributed by atoms with Crippen molar-refractivity contribution in [2.24, 2.45) is 0 Å². The standard InChI is InChI=1S/C12H10N6O3/c13-6-5-9-1-3-10(4-2-9)15-11(19)7-17-8-14-12(16-17)18(20)21/h1-4,8H,5,7H2,(H,15,19). The Labute approximate surface area is 119 Å².